The molecule has 2 aromatic rings. The molecule has 2 heterocycles. The quantitative estimate of drug-likeness (QED) is 0.0316. The topological polar surface area (TPSA) is 49.4 Å². The van der Waals surface area contributed by atoms with Crippen molar-refractivity contribution in [3.63, 3.8) is 0 Å². The SMILES string of the molecule is CCCCCCCCCCCCCCCCCCCCCC[N+]1=C(/C=C/C=C/C=C/C=C2/N(C)c3ccc([N+](=O)[O-])cc3C2(C)C)C(C)(C)c2ccccc21. The summed E-state index contributed by atoms with van der Waals surface area (Å²) in [5, 5.41) is 11.4. The molecule has 5 heteroatoms. The van der Waals surface area contributed by atoms with Gasteiger partial charge in [-0.15, -0.1) is 0 Å². The lowest BCUT2D eigenvalue weighted by Gasteiger charge is -2.23. The molecule has 0 saturated carbocycles. The van der Waals surface area contributed by atoms with Crippen LogP contribution in [0.5, 0.6) is 0 Å². The number of likely N-dealkylation sites (N-methyl/N-ethyl adjacent to an activating group) is 1. The summed E-state index contributed by atoms with van der Waals surface area (Å²) in [4.78, 5) is 13.2. The van der Waals surface area contributed by atoms with Crippen molar-refractivity contribution in [3.05, 3.63) is 112 Å². The van der Waals surface area contributed by atoms with Gasteiger partial charge >= 0.3 is 0 Å². The highest BCUT2D eigenvalue weighted by Gasteiger charge is 2.43. The standard InChI is InChI=1S/C50H74N3O2/c1-7-8-9-10-11-12-13-14-15-16-17-18-19-20-21-22-23-24-28-33-40-52-46-35-32-31-34-43(46)49(2,3)48(52)37-30-27-25-26-29-36-47-50(4,5)44-41-42(53(54)55)38-39-45(44)51(47)6/h25-27,29-32,34-39,41H,7-24,28,33,40H2,1-6H3/q+1. The van der Waals surface area contributed by atoms with Crippen LogP contribution in [0.2, 0.25) is 0 Å². The minimum Gasteiger partial charge on any atom is -0.347 e. The number of unbranched alkanes of at least 4 members (excludes halogenated alkanes) is 19. The van der Waals surface area contributed by atoms with Crippen LogP contribution in [0.15, 0.2) is 90.7 Å². The predicted octanol–water partition coefficient (Wildman–Crippen LogP) is 14.8. The third kappa shape index (κ3) is 12.6. The number of hydrogen-bond donors (Lipinski definition) is 0. The van der Waals surface area contributed by atoms with Gasteiger partial charge in [0.2, 0.25) is 5.69 Å². The average molecular weight is 749 g/mol. The first kappa shape index (κ1) is 44.0. The summed E-state index contributed by atoms with van der Waals surface area (Å²) in [6.45, 7) is 12.3. The van der Waals surface area contributed by atoms with E-state index >= 15 is 0 Å². The zero-order valence-corrected chi connectivity index (χ0v) is 35.6. The van der Waals surface area contributed by atoms with Gasteiger partial charge in [0.25, 0.3) is 5.69 Å². The van der Waals surface area contributed by atoms with Gasteiger partial charge in [0.1, 0.15) is 6.54 Å². The lowest BCUT2D eigenvalue weighted by atomic mass is 9.81. The number of benzene rings is 2. The van der Waals surface area contributed by atoms with Crippen LogP contribution in [0.3, 0.4) is 0 Å². The molecule has 0 radical (unpaired) electrons. The first-order chi connectivity index (χ1) is 26.6. The smallest absolute Gasteiger partial charge is 0.269 e. The third-order valence-electron chi connectivity index (χ3n) is 12.2. The van der Waals surface area contributed by atoms with Gasteiger partial charge < -0.3 is 4.90 Å². The van der Waals surface area contributed by atoms with Crippen LogP contribution in [0.4, 0.5) is 17.1 Å². The molecule has 2 aliphatic heterocycles. The van der Waals surface area contributed by atoms with E-state index in [2.05, 4.69) is 111 Å². The van der Waals surface area contributed by atoms with Crippen molar-refractivity contribution in [1.82, 2.24) is 0 Å². The summed E-state index contributed by atoms with van der Waals surface area (Å²) in [5.41, 5.74) is 7.02. The Balaban J connectivity index is 1.17. The molecule has 0 fully saturated rings. The average Bonchev–Trinajstić information content (AvgIpc) is 3.50. The molecule has 2 aromatic carbocycles. The second kappa shape index (κ2) is 22.7. The molecular formula is C50H74N3O2+. The highest BCUT2D eigenvalue weighted by Crippen LogP contribution is 2.48. The molecule has 0 aliphatic carbocycles. The molecule has 0 bridgehead atoms. The normalized spacial score (nSPS) is 16.8. The molecule has 0 spiro atoms. The third-order valence-corrected chi connectivity index (χ3v) is 12.2. The largest absolute Gasteiger partial charge is 0.347 e. The molecule has 0 atom stereocenters. The minimum atomic E-state index is -0.321. The molecule has 5 nitrogen and oxygen atoms in total. The van der Waals surface area contributed by atoms with E-state index in [1.165, 1.54) is 145 Å². The summed E-state index contributed by atoms with van der Waals surface area (Å²) in [7, 11) is 2.03. The first-order valence-electron chi connectivity index (χ1n) is 22.1. The van der Waals surface area contributed by atoms with E-state index in [4.69, 9.17) is 0 Å². The first-order valence-corrected chi connectivity index (χ1v) is 22.1. The molecule has 4 rings (SSSR count). The van der Waals surface area contributed by atoms with E-state index in [1.807, 2.05) is 13.1 Å². The van der Waals surface area contributed by atoms with Crippen LogP contribution < -0.4 is 4.90 Å². The fourth-order valence-corrected chi connectivity index (χ4v) is 8.83. The van der Waals surface area contributed by atoms with Crippen molar-refractivity contribution in [3.8, 4) is 0 Å². The van der Waals surface area contributed by atoms with Gasteiger partial charge in [-0.05, 0) is 38.0 Å². The van der Waals surface area contributed by atoms with Crippen molar-refractivity contribution in [1.29, 1.82) is 0 Å². The molecule has 55 heavy (non-hydrogen) atoms. The Kier molecular flexibility index (Phi) is 18.2. The molecule has 0 saturated heterocycles. The summed E-state index contributed by atoms with van der Waals surface area (Å²) in [5.74, 6) is 0. The summed E-state index contributed by atoms with van der Waals surface area (Å²) in [6.07, 6.45) is 43.0. The Labute approximate surface area is 335 Å². The Morgan fingerprint density at radius 2 is 1.15 bits per heavy atom. The monoisotopic (exact) mass is 749 g/mol. The van der Waals surface area contributed by atoms with Crippen molar-refractivity contribution in [2.24, 2.45) is 0 Å². The van der Waals surface area contributed by atoms with E-state index in [9.17, 15) is 10.1 Å². The molecule has 0 unspecified atom stereocenters. The Hall–Kier alpha value is -3.73. The maximum absolute atomic E-state index is 11.4. The van der Waals surface area contributed by atoms with E-state index < -0.39 is 0 Å². The van der Waals surface area contributed by atoms with Crippen LogP contribution in [-0.2, 0) is 10.8 Å². The van der Waals surface area contributed by atoms with Crippen molar-refractivity contribution < 1.29 is 9.50 Å². The van der Waals surface area contributed by atoms with E-state index in [1.54, 1.807) is 12.1 Å². The van der Waals surface area contributed by atoms with Crippen LogP contribution in [0.25, 0.3) is 0 Å². The van der Waals surface area contributed by atoms with Gasteiger partial charge in [0, 0.05) is 60.1 Å². The minimum absolute atomic E-state index is 0.0442. The molecule has 2 aliphatic rings. The summed E-state index contributed by atoms with van der Waals surface area (Å²) < 4.78 is 2.56. The lowest BCUT2D eigenvalue weighted by molar-refractivity contribution is -0.438. The number of nitro benzene ring substituents is 1. The van der Waals surface area contributed by atoms with Gasteiger partial charge in [0.15, 0.2) is 5.71 Å². The van der Waals surface area contributed by atoms with Gasteiger partial charge in [-0.25, -0.2) is 0 Å². The van der Waals surface area contributed by atoms with Crippen LogP contribution in [0, 0.1) is 10.1 Å². The van der Waals surface area contributed by atoms with Crippen LogP contribution in [0.1, 0.15) is 174 Å². The number of para-hydroxylation sites is 1. The number of nitrogens with zero attached hydrogens (tertiary/aromatic N) is 3. The fourth-order valence-electron chi connectivity index (χ4n) is 8.83. The number of rotatable bonds is 26. The van der Waals surface area contributed by atoms with Crippen molar-refractivity contribution in [2.45, 2.75) is 174 Å². The molecular weight excluding hydrogens is 675 g/mol. The van der Waals surface area contributed by atoms with Crippen molar-refractivity contribution in [2.75, 3.05) is 18.5 Å². The number of allylic oxidation sites excluding steroid dienone is 8. The number of non-ortho nitro benzene ring substituents is 1. The van der Waals surface area contributed by atoms with Gasteiger partial charge in [0.05, 0.1) is 10.3 Å². The Bertz CT molecular complexity index is 1660. The maximum atomic E-state index is 11.4. The second-order valence-corrected chi connectivity index (χ2v) is 17.2. The van der Waals surface area contributed by atoms with E-state index in [-0.39, 0.29) is 21.4 Å². The summed E-state index contributed by atoms with van der Waals surface area (Å²) >= 11 is 0. The molecule has 0 aromatic heterocycles. The maximum Gasteiger partial charge on any atom is 0.269 e. The molecule has 0 N–H and O–H groups in total. The predicted molar refractivity (Wildman–Crippen MR) is 237 cm³/mol. The number of anilines is 1. The van der Waals surface area contributed by atoms with E-state index in [0.29, 0.717) is 0 Å². The molecule has 300 valence electrons. The van der Waals surface area contributed by atoms with Gasteiger partial charge in [-0.3, -0.25) is 10.1 Å². The number of hydrogen-bond acceptors (Lipinski definition) is 3. The lowest BCUT2D eigenvalue weighted by Crippen LogP contribution is -2.27. The van der Waals surface area contributed by atoms with Crippen LogP contribution in [-0.4, -0.2) is 28.8 Å². The Morgan fingerprint density at radius 1 is 0.636 bits per heavy atom. The van der Waals surface area contributed by atoms with Gasteiger partial charge in [-0.2, -0.15) is 4.58 Å². The fraction of sp³-hybridized carbons (Fsp3) is 0.580. The zero-order valence-electron chi connectivity index (χ0n) is 35.6. The van der Waals surface area contributed by atoms with Crippen molar-refractivity contribution >= 4 is 22.8 Å². The highest BCUT2D eigenvalue weighted by atomic mass is 16.6. The number of fused-ring (bicyclic) bond motifs is 2. The summed E-state index contributed by atoms with van der Waals surface area (Å²) in [6, 6.07) is 14.1. The molecule has 0 amide bonds. The number of nitro groups is 1. The highest BCUT2D eigenvalue weighted by molar-refractivity contribution is 6.03. The van der Waals surface area contributed by atoms with Gasteiger partial charge in [-0.1, -0.05) is 185 Å². The Morgan fingerprint density at radius 3 is 1.71 bits per heavy atom. The van der Waals surface area contributed by atoms with E-state index in [0.717, 1.165) is 23.5 Å². The second-order valence-electron chi connectivity index (χ2n) is 17.2. The van der Waals surface area contributed by atoms with Crippen LogP contribution >= 0.6 is 0 Å². The zero-order chi connectivity index (χ0) is 39.5.